The normalized spacial score (nSPS) is 13.4. The SMILES string of the molecule is Fc1cnc(N2CCCn3cnc(COc4cccnc4)c3C2)nc1.O=C(O)C(F)(F)F. The van der Waals surface area contributed by atoms with E-state index < -0.39 is 18.0 Å². The van der Waals surface area contributed by atoms with Crippen molar-refractivity contribution in [1.82, 2.24) is 24.5 Å². The van der Waals surface area contributed by atoms with E-state index >= 15 is 0 Å². The number of aliphatic carboxylic acids is 1. The molecule has 32 heavy (non-hydrogen) atoms. The van der Waals surface area contributed by atoms with Crippen molar-refractivity contribution in [3.8, 4) is 5.75 Å². The van der Waals surface area contributed by atoms with Crippen LogP contribution in [0.2, 0.25) is 0 Å². The highest BCUT2D eigenvalue weighted by Gasteiger charge is 2.38. The van der Waals surface area contributed by atoms with Crippen LogP contribution >= 0.6 is 0 Å². The van der Waals surface area contributed by atoms with Crippen LogP contribution in [0.1, 0.15) is 17.8 Å². The maximum absolute atomic E-state index is 13.1. The number of aromatic nitrogens is 5. The summed E-state index contributed by atoms with van der Waals surface area (Å²) < 4.78 is 52.7. The number of carbonyl (C=O) groups is 1. The van der Waals surface area contributed by atoms with Gasteiger partial charge in [-0.15, -0.1) is 0 Å². The zero-order valence-corrected chi connectivity index (χ0v) is 16.5. The number of anilines is 1. The molecule has 1 aliphatic heterocycles. The monoisotopic (exact) mass is 454 g/mol. The predicted molar refractivity (Wildman–Crippen MR) is 102 cm³/mol. The number of imidazole rings is 1. The summed E-state index contributed by atoms with van der Waals surface area (Å²) in [5.74, 6) is -1.96. The molecule has 0 unspecified atom stereocenters. The predicted octanol–water partition coefficient (Wildman–Crippen LogP) is 2.83. The van der Waals surface area contributed by atoms with Gasteiger partial charge in [0.1, 0.15) is 18.1 Å². The second kappa shape index (κ2) is 10.0. The van der Waals surface area contributed by atoms with E-state index in [-0.39, 0.29) is 0 Å². The van der Waals surface area contributed by atoms with Crippen LogP contribution in [0.3, 0.4) is 0 Å². The third kappa shape index (κ3) is 6.12. The number of hydrogen-bond donors (Lipinski definition) is 1. The maximum Gasteiger partial charge on any atom is 0.490 e. The third-order valence-electron chi connectivity index (χ3n) is 4.34. The van der Waals surface area contributed by atoms with Crippen LogP contribution in [0.15, 0.2) is 43.2 Å². The van der Waals surface area contributed by atoms with Crippen molar-refractivity contribution in [2.45, 2.75) is 32.3 Å². The average molecular weight is 454 g/mol. The molecule has 0 bridgehead atoms. The molecule has 13 heteroatoms. The number of carboxylic acids is 1. The smallest absolute Gasteiger partial charge is 0.486 e. The van der Waals surface area contributed by atoms with Crippen molar-refractivity contribution in [2.75, 3.05) is 11.4 Å². The molecule has 3 aromatic rings. The van der Waals surface area contributed by atoms with Crippen molar-refractivity contribution >= 4 is 11.9 Å². The summed E-state index contributed by atoms with van der Waals surface area (Å²) in [7, 11) is 0. The fraction of sp³-hybridized carbons (Fsp3) is 0.316. The van der Waals surface area contributed by atoms with Crippen molar-refractivity contribution in [3.63, 3.8) is 0 Å². The first-order valence-electron chi connectivity index (χ1n) is 9.32. The lowest BCUT2D eigenvalue weighted by Gasteiger charge is -2.20. The van der Waals surface area contributed by atoms with Crippen LogP contribution in [0, 0.1) is 5.82 Å². The Labute approximate surface area is 179 Å². The van der Waals surface area contributed by atoms with Gasteiger partial charge < -0.3 is 19.3 Å². The van der Waals surface area contributed by atoms with Crippen LogP contribution in [0.25, 0.3) is 0 Å². The molecular weight excluding hydrogens is 436 g/mol. The second-order valence-corrected chi connectivity index (χ2v) is 6.59. The topological polar surface area (TPSA) is 106 Å². The number of aryl methyl sites for hydroxylation is 1. The standard InChI is InChI=1S/C17H17FN6O.C2HF3O2/c18-13-7-20-17(21-8-13)23-5-2-6-24-12-22-15(16(24)10-23)11-25-14-3-1-4-19-9-14;3-2(4,5)1(6)7/h1,3-4,7-9,12H,2,5-6,10-11H2;(H,6,7). The molecule has 1 N–H and O–H groups in total. The molecule has 0 saturated carbocycles. The molecule has 0 aromatic carbocycles. The molecule has 4 heterocycles. The Morgan fingerprint density at radius 1 is 1.16 bits per heavy atom. The largest absolute Gasteiger partial charge is 0.490 e. The first kappa shape index (κ1) is 22.9. The van der Waals surface area contributed by atoms with E-state index in [0.717, 1.165) is 30.9 Å². The number of ether oxygens (including phenoxy) is 1. The highest BCUT2D eigenvalue weighted by molar-refractivity contribution is 5.73. The van der Waals surface area contributed by atoms with Gasteiger partial charge in [-0.1, -0.05) is 0 Å². The minimum Gasteiger partial charge on any atom is -0.486 e. The highest BCUT2D eigenvalue weighted by Crippen LogP contribution is 2.21. The Bertz CT molecular complexity index is 1030. The maximum atomic E-state index is 13.1. The Morgan fingerprint density at radius 3 is 2.50 bits per heavy atom. The van der Waals surface area contributed by atoms with Gasteiger partial charge in [0.05, 0.1) is 37.2 Å². The van der Waals surface area contributed by atoms with Crippen LogP contribution in [0.5, 0.6) is 5.75 Å². The molecule has 0 spiro atoms. The molecule has 0 saturated heterocycles. The third-order valence-corrected chi connectivity index (χ3v) is 4.34. The molecule has 170 valence electrons. The Balaban J connectivity index is 0.000000360. The summed E-state index contributed by atoms with van der Waals surface area (Å²) in [6.07, 6.45) is 3.46. The average Bonchev–Trinajstić information content (AvgIpc) is 3.01. The molecule has 0 radical (unpaired) electrons. The molecule has 0 aliphatic carbocycles. The lowest BCUT2D eigenvalue weighted by molar-refractivity contribution is -0.192. The number of fused-ring (bicyclic) bond motifs is 1. The van der Waals surface area contributed by atoms with Gasteiger partial charge in [-0.3, -0.25) is 4.98 Å². The van der Waals surface area contributed by atoms with Gasteiger partial charge in [0.2, 0.25) is 5.95 Å². The molecule has 0 atom stereocenters. The number of hydrogen-bond acceptors (Lipinski definition) is 7. The molecule has 3 aromatic heterocycles. The van der Waals surface area contributed by atoms with E-state index in [9.17, 15) is 17.6 Å². The summed E-state index contributed by atoms with van der Waals surface area (Å²) in [6.45, 7) is 2.65. The number of carboxylic acid groups (broad SMARTS) is 1. The van der Waals surface area contributed by atoms with E-state index in [1.165, 1.54) is 12.4 Å². The first-order valence-corrected chi connectivity index (χ1v) is 9.32. The van der Waals surface area contributed by atoms with Gasteiger partial charge in [-0.2, -0.15) is 13.2 Å². The lowest BCUT2D eigenvalue weighted by Crippen LogP contribution is -2.25. The summed E-state index contributed by atoms with van der Waals surface area (Å²) in [5, 5.41) is 7.12. The molecule has 0 fully saturated rings. The zero-order chi connectivity index (χ0) is 23.1. The highest BCUT2D eigenvalue weighted by atomic mass is 19.4. The Morgan fingerprint density at radius 2 is 1.88 bits per heavy atom. The van der Waals surface area contributed by atoms with Gasteiger partial charge in [-0.25, -0.2) is 24.1 Å². The van der Waals surface area contributed by atoms with Crippen LogP contribution in [-0.2, 0) is 24.5 Å². The number of halogens is 4. The van der Waals surface area contributed by atoms with Crippen molar-refractivity contribution in [1.29, 1.82) is 0 Å². The summed E-state index contributed by atoms with van der Waals surface area (Å²) >= 11 is 0. The van der Waals surface area contributed by atoms with Crippen LogP contribution in [-0.4, -0.2) is 48.3 Å². The fourth-order valence-corrected chi connectivity index (χ4v) is 2.86. The molecular formula is C19H18F4N6O3. The van der Waals surface area contributed by atoms with E-state index in [0.29, 0.717) is 24.8 Å². The quantitative estimate of drug-likeness (QED) is 0.600. The van der Waals surface area contributed by atoms with Gasteiger partial charge in [0.25, 0.3) is 0 Å². The van der Waals surface area contributed by atoms with Crippen LogP contribution in [0.4, 0.5) is 23.5 Å². The zero-order valence-electron chi connectivity index (χ0n) is 16.5. The molecule has 4 rings (SSSR count). The Hall–Kier alpha value is -3.77. The van der Waals surface area contributed by atoms with E-state index in [1.54, 1.807) is 12.4 Å². The van der Waals surface area contributed by atoms with Gasteiger partial charge in [-0.05, 0) is 18.6 Å². The second-order valence-electron chi connectivity index (χ2n) is 6.59. The van der Waals surface area contributed by atoms with E-state index in [1.807, 2.05) is 23.4 Å². The molecule has 0 amide bonds. The minimum atomic E-state index is -5.08. The van der Waals surface area contributed by atoms with E-state index in [4.69, 9.17) is 14.6 Å². The van der Waals surface area contributed by atoms with Gasteiger partial charge in [0, 0.05) is 19.3 Å². The molecule has 9 nitrogen and oxygen atoms in total. The van der Waals surface area contributed by atoms with Gasteiger partial charge >= 0.3 is 12.1 Å². The number of nitrogens with zero attached hydrogens (tertiary/aromatic N) is 6. The van der Waals surface area contributed by atoms with Crippen molar-refractivity contribution < 1.29 is 32.2 Å². The van der Waals surface area contributed by atoms with Crippen molar-refractivity contribution in [3.05, 3.63) is 60.5 Å². The van der Waals surface area contributed by atoms with E-state index in [2.05, 4.69) is 24.5 Å². The van der Waals surface area contributed by atoms with Crippen molar-refractivity contribution in [2.24, 2.45) is 0 Å². The number of rotatable bonds is 4. The molecule has 1 aliphatic rings. The van der Waals surface area contributed by atoms with Gasteiger partial charge in [0.15, 0.2) is 5.82 Å². The fourth-order valence-electron chi connectivity index (χ4n) is 2.86. The Kier molecular flexibility index (Phi) is 7.18. The lowest BCUT2D eigenvalue weighted by atomic mass is 10.3. The minimum absolute atomic E-state index is 0.367. The first-order chi connectivity index (χ1) is 15.2. The van der Waals surface area contributed by atoms with Crippen LogP contribution < -0.4 is 9.64 Å². The number of pyridine rings is 1. The summed E-state index contributed by atoms with van der Waals surface area (Å²) in [5.41, 5.74) is 1.94. The summed E-state index contributed by atoms with van der Waals surface area (Å²) in [4.78, 5) is 27.6. The number of alkyl halides is 3. The summed E-state index contributed by atoms with van der Waals surface area (Å²) in [6, 6.07) is 3.69.